The largest absolute Gasteiger partial charge is 0.397 e. The number of aliphatic hydroxyl groups is 1. The van der Waals surface area contributed by atoms with Crippen molar-refractivity contribution >= 4 is 17.7 Å². The average molecular weight is 261 g/mol. The lowest BCUT2D eigenvalue weighted by Gasteiger charge is -2.11. The van der Waals surface area contributed by atoms with E-state index in [0.717, 1.165) is 6.54 Å². The number of Topliss-reactive ketones (excluding diaryl/α,β-unsaturated/α-hetero) is 1. The molecule has 0 atom stereocenters. The number of aliphatic hydroxyl groups excluding tert-OH is 1. The minimum atomic E-state index is 0.250. The van der Waals surface area contributed by atoms with Gasteiger partial charge in [0.1, 0.15) is 0 Å². The Hall–Kier alpha value is -0.0600. The lowest BCUT2D eigenvalue weighted by atomic mass is 10.1. The van der Waals surface area contributed by atoms with Crippen LogP contribution in [0.4, 0.5) is 0 Å². The molecule has 0 spiro atoms. The van der Waals surface area contributed by atoms with E-state index in [-0.39, 0.29) is 6.61 Å². The Labute approximate surface area is 110 Å². The van der Waals surface area contributed by atoms with Gasteiger partial charge in [-0.2, -0.15) is 0 Å². The third-order valence-corrected chi connectivity index (χ3v) is 3.65. The van der Waals surface area contributed by atoms with E-state index in [1.165, 1.54) is 38.5 Å². The van der Waals surface area contributed by atoms with Crippen LogP contribution < -0.4 is 0 Å². The second-order valence-electron chi connectivity index (χ2n) is 4.26. The van der Waals surface area contributed by atoms with Gasteiger partial charge in [0.25, 0.3) is 0 Å². The van der Waals surface area contributed by atoms with Gasteiger partial charge in [0.05, 0.1) is 12.3 Å². The molecule has 17 heavy (non-hydrogen) atoms. The van der Waals surface area contributed by atoms with E-state index in [9.17, 15) is 4.79 Å². The maximum Gasteiger partial charge on any atom is 0.158 e. The van der Waals surface area contributed by atoms with E-state index in [2.05, 4.69) is 11.2 Å². The molecule has 1 aliphatic rings. The first kappa shape index (κ1) is 16.9. The molecule has 1 heterocycles. The average Bonchev–Trinajstić information content (AvgIpc) is 2.70. The number of carbonyl (C=O) groups excluding carboxylic acids is 1. The van der Waals surface area contributed by atoms with Gasteiger partial charge in [-0.15, -0.1) is 0 Å². The molecule has 0 saturated carbocycles. The Morgan fingerprint density at radius 2 is 1.76 bits per heavy atom. The molecule has 1 fully saturated rings. The van der Waals surface area contributed by atoms with Crippen molar-refractivity contribution in [3.63, 3.8) is 0 Å². The number of hydrogen-bond acceptors (Lipinski definition) is 4. The van der Waals surface area contributed by atoms with E-state index in [4.69, 9.17) is 5.11 Å². The van der Waals surface area contributed by atoms with Crippen LogP contribution in [0.3, 0.4) is 0 Å². The number of hydrogen-bond donors (Lipinski definition) is 1. The van der Waals surface area contributed by atoms with Crippen LogP contribution in [0.2, 0.25) is 0 Å². The summed E-state index contributed by atoms with van der Waals surface area (Å²) in [5.74, 6) is 1.09. The second kappa shape index (κ2) is 12.4. The van der Waals surface area contributed by atoms with Crippen molar-refractivity contribution in [1.82, 2.24) is 4.31 Å². The Balaban J connectivity index is 0.000000770. The van der Waals surface area contributed by atoms with Crippen LogP contribution in [-0.4, -0.2) is 40.6 Å². The molecule has 0 radical (unpaired) electrons. The van der Waals surface area contributed by atoms with E-state index < -0.39 is 0 Å². The molecule has 0 bridgehead atoms. The summed E-state index contributed by atoms with van der Waals surface area (Å²) in [5, 5.41) is 7.57. The summed E-state index contributed by atoms with van der Waals surface area (Å²) in [6.07, 6.45) is 8.01. The molecule has 0 aromatic rings. The number of unbranched alkanes of at least 4 members (excludes halogenated alkanes) is 5. The number of carbonyl (C=O) groups is 1. The third-order valence-electron chi connectivity index (χ3n) is 2.52. The van der Waals surface area contributed by atoms with Crippen molar-refractivity contribution in [2.45, 2.75) is 52.4 Å². The van der Waals surface area contributed by atoms with Gasteiger partial charge >= 0.3 is 0 Å². The van der Waals surface area contributed by atoms with Gasteiger partial charge < -0.3 is 5.11 Å². The molecule has 0 unspecified atom stereocenters. The number of rotatable bonds is 7. The van der Waals surface area contributed by atoms with E-state index in [0.29, 0.717) is 18.1 Å². The topological polar surface area (TPSA) is 40.5 Å². The van der Waals surface area contributed by atoms with Gasteiger partial charge in [-0.25, -0.2) is 4.31 Å². The highest BCUT2D eigenvalue weighted by Crippen LogP contribution is 2.18. The second-order valence-corrected chi connectivity index (χ2v) is 5.32. The van der Waals surface area contributed by atoms with Crippen LogP contribution in [0.15, 0.2) is 0 Å². The molecule has 4 heteroatoms. The van der Waals surface area contributed by atoms with Crippen molar-refractivity contribution < 1.29 is 9.90 Å². The molecule has 0 aliphatic carbocycles. The van der Waals surface area contributed by atoms with Crippen LogP contribution in [-0.2, 0) is 4.79 Å². The summed E-state index contributed by atoms with van der Waals surface area (Å²) in [6, 6.07) is 0. The van der Waals surface area contributed by atoms with Crippen LogP contribution in [0.5, 0.6) is 0 Å². The van der Waals surface area contributed by atoms with E-state index >= 15 is 0 Å². The summed E-state index contributed by atoms with van der Waals surface area (Å²) >= 11 is 1.70. The Kier molecular flexibility index (Phi) is 12.4. The van der Waals surface area contributed by atoms with Gasteiger partial charge in [-0.1, -0.05) is 51.0 Å². The van der Waals surface area contributed by atoms with Crippen molar-refractivity contribution in [3.05, 3.63) is 0 Å². The predicted octanol–water partition coefficient (Wildman–Crippen LogP) is 2.88. The molecule has 0 aromatic heterocycles. The molecule has 3 nitrogen and oxygen atoms in total. The summed E-state index contributed by atoms with van der Waals surface area (Å²) in [7, 11) is 0. The van der Waals surface area contributed by atoms with Crippen LogP contribution in [0.25, 0.3) is 0 Å². The first-order chi connectivity index (χ1) is 8.24. The lowest BCUT2D eigenvalue weighted by molar-refractivity contribution is -0.115. The zero-order chi connectivity index (χ0) is 12.9. The maximum absolute atomic E-state index is 11.0. The molecule has 102 valence electrons. The molecule has 1 saturated heterocycles. The first-order valence-electron chi connectivity index (χ1n) is 6.75. The monoisotopic (exact) mass is 261 g/mol. The highest BCUT2D eigenvalue weighted by atomic mass is 32.2. The van der Waals surface area contributed by atoms with E-state index in [1.807, 2.05) is 0 Å². The Morgan fingerprint density at radius 3 is 2.29 bits per heavy atom. The van der Waals surface area contributed by atoms with Crippen molar-refractivity contribution in [2.75, 3.05) is 25.4 Å². The van der Waals surface area contributed by atoms with Gasteiger partial charge in [-0.05, 0) is 13.3 Å². The highest BCUT2D eigenvalue weighted by molar-refractivity contribution is 7.98. The fraction of sp³-hybridized carbons (Fsp3) is 0.923. The van der Waals surface area contributed by atoms with Crippen molar-refractivity contribution in [1.29, 1.82) is 0 Å². The smallest absolute Gasteiger partial charge is 0.158 e. The van der Waals surface area contributed by atoms with E-state index in [1.54, 1.807) is 18.9 Å². The standard InChI is InChI=1S/C11H21NOS.C2H6O/c1-2-3-4-5-6-7-8-12-9-11(13)10-14-12;1-2-3/h2-10H2,1H3;3H,2H2,1H3. The summed E-state index contributed by atoms with van der Waals surface area (Å²) in [5.41, 5.74) is 0. The SMILES string of the molecule is CCCCCCCCN1CC(=O)CS1.CCO. The zero-order valence-corrected chi connectivity index (χ0v) is 12.1. The molecular weight excluding hydrogens is 234 g/mol. The summed E-state index contributed by atoms with van der Waals surface area (Å²) < 4.78 is 2.21. The Bertz CT molecular complexity index is 188. The van der Waals surface area contributed by atoms with Crippen molar-refractivity contribution in [2.24, 2.45) is 0 Å². The molecule has 0 aromatic carbocycles. The summed E-state index contributed by atoms with van der Waals surface area (Å²) in [4.78, 5) is 11.0. The normalized spacial score (nSPS) is 15.8. The van der Waals surface area contributed by atoms with Gasteiger partial charge in [0.15, 0.2) is 5.78 Å². The molecule has 1 N–H and O–H groups in total. The Morgan fingerprint density at radius 1 is 1.18 bits per heavy atom. The minimum Gasteiger partial charge on any atom is -0.397 e. The fourth-order valence-corrected chi connectivity index (χ4v) is 2.57. The predicted molar refractivity (Wildman–Crippen MR) is 75.2 cm³/mol. The van der Waals surface area contributed by atoms with Crippen LogP contribution >= 0.6 is 11.9 Å². The van der Waals surface area contributed by atoms with Crippen molar-refractivity contribution in [3.8, 4) is 0 Å². The molecule has 0 amide bonds. The molecular formula is C13H27NO2S. The van der Waals surface area contributed by atoms with Crippen LogP contribution in [0, 0.1) is 0 Å². The van der Waals surface area contributed by atoms with Gasteiger partial charge in [0, 0.05) is 13.2 Å². The van der Waals surface area contributed by atoms with Crippen LogP contribution in [0.1, 0.15) is 52.4 Å². The van der Waals surface area contributed by atoms with Gasteiger partial charge in [0.2, 0.25) is 0 Å². The summed E-state index contributed by atoms with van der Waals surface area (Å²) in [6.45, 7) is 5.95. The lowest BCUT2D eigenvalue weighted by Crippen LogP contribution is -2.16. The van der Waals surface area contributed by atoms with Gasteiger partial charge in [-0.3, -0.25) is 4.79 Å². The first-order valence-corrected chi connectivity index (χ1v) is 7.69. The third kappa shape index (κ3) is 10.8. The quantitative estimate of drug-likeness (QED) is 0.565. The number of ketones is 1. The maximum atomic E-state index is 11.0. The minimum absolute atomic E-state index is 0.250. The number of nitrogens with zero attached hydrogens (tertiary/aromatic N) is 1. The molecule has 1 aliphatic heterocycles. The molecule has 1 rings (SSSR count). The zero-order valence-electron chi connectivity index (χ0n) is 11.3. The highest BCUT2D eigenvalue weighted by Gasteiger charge is 2.18. The fourth-order valence-electron chi connectivity index (χ4n) is 1.66.